The summed E-state index contributed by atoms with van der Waals surface area (Å²) in [7, 11) is 1.60. The zero-order chi connectivity index (χ0) is 23.3. The minimum Gasteiger partial charge on any atom is -0.497 e. The summed E-state index contributed by atoms with van der Waals surface area (Å²) in [6, 6.07) is 15.9. The van der Waals surface area contributed by atoms with E-state index in [9.17, 15) is 14.4 Å². The molecule has 0 aliphatic heterocycles. The molecule has 0 aliphatic carbocycles. The van der Waals surface area contributed by atoms with Crippen LogP contribution in [0.25, 0.3) is 11.3 Å². The monoisotopic (exact) mass is 435 g/mol. The molecule has 0 amide bonds. The summed E-state index contributed by atoms with van der Waals surface area (Å²) in [5.74, 6) is -0.0349. The van der Waals surface area contributed by atoms with Gasteiger partial charge in [0.2, 0.25) is 0 Å². The Bertz CT molecular complexity index is 1130. The fourth-order valence-corrected chi connectivity index (χ4v) is 3.62. The van der Waals surface area contributed by atoms with Gasteiger partial charge in [0, 0.05) is 11.1 Å². The fraction of sp³-hybridized carbons (Fsp3) is 0.320. The second-order valence-corrected chi connectivity index (χ2v) is 7.90. The van der Waals surface area contributed by atoms with E-state index in [-0.39, 0.29) is 18.8 Å². The molecule has 1 heterocycles. The minimum atomic E-state index is -0.941. The number of halogens is 1. The van der Waals surface area contributed by atoms with Gasteiger partial charge < -0.3 is 9.47 Å². The van der Waals surface area contributed by atoms with E-state index in [0.717, 1.165) is 11.3 Å². The van der Waals surface area contributed by atoms with Gasteiger partial charge in [-0.05, 0) is 62.7 Å². The van der Waals surface area contributed by atoms with Gasteiger partial charge in [-0.25, -0.2) is 4.39 Å². The number of benzene rings is 2. The van der Waals surface area contributed by atoms with Crippen LogP contribution in [0.2, 0.25) is 0 Å². The van der Waals surface area contributed by atoms with Gasteiger partial charge in [0.1, 0.15) is 11.6 Å². The van der Waals surface area contributed by atoms with Gasteiger partial charge in [0.25, 0.3) is 0 Å². The Kier molecular flexibility index (Phi) is 6.94. The van der Waals surface area contributed by atoms with E-state index in [4.69, 9.17) is 14.6 Å². The summed E-state index contributed by atoms with van der Waals surface area (Å²) < 4.78 is 25.8. The Labute approximate surface area is 187 Å². The maximum Gasteiger partial charge on any atom is 0.311 e. The van der Waals surface area contributed by atoms with Crippen molar-refractivity contribution in [3.05, 3.63) is 71.2 Å². The van der Waals surface area contributed by atoms with Crippen molar-refractivity contribution in [3.63, 3.8) is 0 Å². The van der Waals surface area contributed by atoms with E-state index < -0.39 is 11.4 Å². The lowest BCUT2D eigenvalue weighted by Gasteiger charge is -2.19. The third-order valence-corrected chi connectivity index (χ3v) is 5.16. The lowest BCUT2D eigenvalue weighted by atomic mass is 9.82. The molecule has 3 aromatic rings. The normalized spacial score (nSPS) is 11.1. The standard InChI is InChI=1S/C25H26FN3O3/c1-5-32-22(30)14-21-23(25(2,3)16-27)24(18-8-10-19(26)11-9-18)29(28-21)15-17-6-12-20(31-4)13-7-17/h6-13H,5,14-15H2,1-4H3. The average Bonchev–Trinajstić information content (AvgIpc) is 3.13. The smallest absolute Gasteiger partial charge is 0.311 e. The van der Waals surface area contributed by atoms with Gasteiger partial charge in [-0.3, -0.25) is 9.48 Å². The molecule has 0 unspecified atom stereocenters. The molecule has 0 saturated carbocycles. The number of methoxy groups -OCH3 is 1. The van der Waals surface area contributed by atoms with Crippen LogP contribution in [-0.2, 0) is 27.9 Å². The predicted octanol–water partition coefficient (Wildman–Crippen LogP) is 4.65. The number of nitrogens with zero attached hydrogens (tertiary/aromatic N) is 3. The van der Waals surface area contributed by atoms with Crippen molar-refractivity contribution in [2.24, 2.45) is 0 Å². The third kappa shape index (κ3) is 4.97. The molecule has 6 nitrogen and oxygen atoms in total. The number of esters is 1. The lowest BCUT2D eigenvalue weighted by Crippen LogP contribution is -2.19. The Morgan fingerprint density at radius 1 is 1.16 bits per heavy atom. The van der Waals surface area contributed by atoms with E-state index in [2.05, 4.69) is 6.07 Å². The number of ether oxygens (including phenoxy) is 2. The minimum absolute atomic E-state index is 0.0574. The van der Waals surface area contributed by atoms with Crippen LogP contribution in [0.4, 0.5) is 4.39 Å². The van der Waals surface area contributed by atoms with Crippen LogP contribution in [0.5, 0.6) is 5.75 Å². The molecule has 0 radical (unpaired) electrons. The second-order valence-electron chi connectivity index (χ2n) is 7.90. The topological polar surface area (TPSA) is 77.1 Å². The maximum atomic E-state index is 13.6. The molecule has 3 rings (SSSR count). The van der Waals surface area contributed by atoms with Crippen molar-refractivity contribution in [2.45, 2.75) is 39.2 Å². The number of hydrogen-bond donors (Lipinski definition) is 0. The second kappa shape index (κ2) is 9.65. The number of hydrogen-bond acceptors (Lipinski definition) is 5. The van der Waals surface area contributed by atoms with Crippen LogP contribution < -0.4 is 4.74 Å². The van der Waals surface area contributed by atoms with Crippen molar-refractivity contribution in [3.8, 4) is 23.1 Å². The molecule has 0 bridgehead atoms. The summed E-state index contributed by atoms with van der Waals surface area (Å²) in [5.41, 5.74) is 2.51. The van der Waals surface area contributed by atoms with Crippen LogP contribution in [0.1, 0.15) is 37.6 Å². The van der Waals surface area contributed by atoms with Crippen LogP contribution >= 0.6 is 0 Å². The van der Waals surface area contributed by atoms with E-state index in [1.54, 1.807) is 44.7 Å². The predicted molar refractivity (Wildman–Crippen MR) is 119 cm³/mol. The quantitative estimate of drug-likeness (QED) is 0.481. The first-order chi connectivity index (χ1) is 15.3. The number of nitriles is 1. The molecule has 0 atom stereocenters. The van der Waals surface area contributed by atoms with Crippen molar-refractivity contribution < 1.29 is 18.7 Å². The lowest BCUT2D eigenvalue weighted by molar-refractivity contribution is -0.142. The molecule has 0 saturated heterocycles. The zero-order valence-corrected chi connectivity index (χ0v) is 18.7. The van der Waals surface area contributed by atoms with Gasteiger partial charge in [-0.1, -0.05) is 12.1 Å². The van der Waals surface area contributed by atoms with Gasteiger partial charge >= 0.3 is 5.97 Å². The highest BCUT2D eigenvalue weighted by Gasteiger charge is 2.33. The number of rotatable bonds is 8. The van der Waals surface area contributed by atoms with Gasteiger partial charge in [-0.2, -0.15) is 10.4 Å². The third-order valence-electron chi connectivity index (χ3n) is 5.16. The highest BCUT2D eigenvalue weighted by atomic mass is 19.1. The SMILES string of the molecule is CCOC(=O)Cc1nn(Cc2ccc(OC)cc2)c(-c2ccc(F)cc2)c1C(C)(C)C#N. The first kappa shape index (κ1) is 23.0. The van der Waals surface area contributed by atoms with E-state index in [0.29, 0.717) is 29.1 Å². The highest BCUT2D eigenvalue weighted by molar-refractivity contribution is 5.75. The molecule has 7 heteroatoms. The molecule has 1 aromatic heterocycles. The van der Waals surface area contributed by atoms with Gasteiger partial charge in [-0.15, -0.1) is 0 Å². The van der Waals surface area contributed by atoms with Gasteiger partial charge in [0.05, 0.1) is 49.6 Å². The molecule has 0 spiro atoms. The van der Waals surface area contributed by atoms with E-state index in [1.807, 2.05) is 24.3 Å². The van der Waals surface area contributed by atoms with Crippen LogP contribution in [-0.4, -0.2) is 29.5 Å². The van der Waals surface area contributed by atoms with Crippen molar-refractivity contribution in [2.75, 3.05) is 13.7 Å². The van der Waals surface area contributed by atoms with Crippen molar-refractivity contribution in [1.29, 1.82) is 5.26 Å². The molecule has 0 aliphatic rings. The van der Waals surface area contributed by atoms with Crippen LogP contribution in [0.15, 0.2) is 48.5 Å². The van der Waals surface area contributed by atoms with Crippen LogP contribution in [0.3, 0.4) is 0 Å². The average molecular weight is 435 g/mol. The molecule has 166 valence electrons. The Morgan fingerprint density at radius 2 is 1.81 bits per heavy atom. The largest absolute Gasteiger partial charge is 0.497 e. The first-order valence-corrected chi connectivity index (χ1v) is 10.3. The number of carbonyl (C=O) groups is 1. The fourth-order valence-electron chi connectivity index (χ4n) is 3.62. The summed E-state index contributed by atoms with van der Waals surface area (Å²) in [4.78, 5) is 12.3. The summed E-state index contributed by atoms with van der Waals surface area (Å²) in [6.07, 6.45) is -0.0574. The van der Waals surface area contributed by atoms with E-state index >= 15 is 0 Å². The van der Waals surface area contributed by atoms with Crippen molar-refractivity contribution >= 4 is 5.97 Å². The van der Waals surface area contributed by atoms with E-state index in [1.165, 1.54) is 12.1 Å². The number of aromatic nitrogens is 2. The van der Waals surface area contributed by atoms with Gasteiger partial charge in [0.15, 0.2) is 0 Å². The molecule has 0 N–H and O–H groups in total. The van der Waals surface area contributed by atoms with Crippen molar-refractivity contribution in [1.82, 2.24) is 9.78 Å². The maximum absolute atomic E-state index is 13.6. The molecular weight excluding hydrogens is 409 g/mol. The Morgan fingerprint density at radius 3 is 2.38 bits per heavy atom. The molecule has 0 fully saturated rings. The molecule has 32 heavy (non-hydrogen) atoms. The summed E-state index contributed by atoms with van der Waals surface area (Å²) in [5, 5.41) is 14.6. The Balaban J connectivity index is 2.19. The number of carbonyl (C=O) groups excluding carboxylic acids is 1. The first-order valence-electron chi connectivity index (χ1n) is 10.3. The summed E-state index contributed by atoms with van der Waals surface area (Å²) in [6.45, 7) is 5.96. The zero-order valence-electron chi connectivity index (χ0n) is 18.7. The summed E-state index contributed by atoms with van der Waals surface area (Å²) >= 11 is 0. The molecule has 2 aromatic carbocycles. The highest BCUT2D eigenvalue weighted by Crippen LogP contribution is 2.37. The molecular formula is C25H26FN3O3. The Hall–Kier alpha value is -3.66. The van der Waals surface area contributed by atoms with Crippen LogP contribution in [0, 0.1) is 17.1 Å².